The van der Waals surface area contributed by atoms with Gasteiger partial charge in [0.05, 0.1) is 30.6 Å². The van der Waals surface area contributed by atoms with Crippen molar-refractivity contribution in [1.29, 1.82) is 0 Å². The van der Waals surface area contributed by atoms with Gasteiger partial charge in [-0.2, -0.15) is 10.1 Å². The Hall–Kier alpha value is -4.32. The number of carbonyl (C=O) groups is 2. The first-order chi connectivity index (χ1) is 19.9. The van der Waals surface area contributed by atoms with E-state index in [2.05, 4.69) is 16.2 Å². The molecule has 4 aromatic rings. The van der Waals surface area contributed by atoms with Crippen molar-refractivity contribution in [3.63, 3.8) is 0 Å². The standard InChI is InChI=1S/C29H33N7O5/c1-35-25-13-19(27-32-28(41-34-27)18-8-10-36(11-9-18)26(37)14-30)4-6-22(25)24(33-35)12-20(17-2-3-17)16-40-21-5-7-23(29(38)39)31-15-21/h4-7,13,15,17-18,20H,2-3,8-12,14,16,30H2,1H3,(H,38,39). The molecule has 1 atom stereocenters. The van der Waals surface area contributed by atoms with Gasteiger partial charge in [0.25, 0.3) is 0 Å². The highest BCUT2D eigenvalue weighted by Gasteiger charge is 2.33. The number of likely N-dealkylation sites (tertiary alicyclic amines) is 1. The third-order valence-corrected chi connectivity index (χ3v) is 8.16. The molecule has 1 aromatic carbocycles. The lowest BCUT2D eigenvalue weighted by Crippen LogP contribution is -2.41. The van der Waals surface area contributed by atoms with Crippen LogP contribution in [0, 0.1) is 11.8 Å². The van der Waals surface area contributed by atoms with Crippen molar-refractivity contribution in [2.24, 2.45) is 24.6 Å². The van der Waals surface area contributed by atoms with Crippen molar-refractivity contribution in [2.75, 3.05) is 26.2 Å². The SMILES string of the molecule is Cn1nc(CC(COc2ccc(C(=O)O)nc2)C2CC2)c2ccc(-c3noc(C4CCN(C(=O)CN)CC4)n3)cc21. The molecular weight excluding hydrogens is 526 g/mol. The minimum absolute atomic E-state index is 0.00574. The highest BCUT2D eigenvalue weighted by molar-refractivity contribution is 5.86. The summed E-state index contributed by atoms with van der Waals surface area (Å²) in [6.07, 6.45) is 6.12. The number of carboxylic acid groups (broad SMARTS) is 1. The van der Waals surface area contributed by atoms with Gasteiger partial charge in [-0.05, 0) is 56.2 Å². The predicted octanol–water partition coefficient (Wildman–Crippen LogP) is 3.03. The lowest BCUT2D eigenvalue weighted by atomic mass is 9.96. The van der Waals surface area contributed by atoms with Gasteiger partial charge >= 0.3 is 5.97 Å². The lowest BCUT2D eigenvalue weighted by molar-refractivity contribution is -0.130. The van der Waals surface area contributed by atoms with Gasteiger partial charge < -0.3 is 25.0 Å². The number of pyridine rings is 1. The van der Waals surface area contributed by atoms with Gasteiger partial charge in [0, 0.05) is 42.9 Å². The van der Waals surface area contributed by atoms with Crippen molar-refractivity contribution >= 4 is 22.8 Å². The molecule has 1 aliphatic heterocycles. The molecule has 214 valence electrons. The van der Waals surface area contributed by atoms with Crippen molar-refractivity contribution in [3.8, 4) is 17.1 Å². The number of nitrogens with two attached hydrogens (primary N) is 1. The Kier molecular flexibility index (Phi) is 7.39. The molecule has 6 rings (SSSR count). The van der Waals surface area contributed by atoms with Crippen LogP contribution in [0.2, 0.25) is 0 Å². The fraction of sp³-hybridized carbons (Fsp3) is 0.448. The van der Waals surface area contributed by atoms with Crippen LogP contribution in [0.3, 0.4) is 0 Å². The molecule has 12 nitrogen and oxygen atoms in total. The van der Waals surface area contributed by atoms with Crippen LogP contribution in [0.5, 0.6) is 5.75 Å². The average molecular weight is 560 g/mol. The van der Waals surface area contributed by atoms with Crippen molar-refractivity contribution in [2.45, 2.75) is 38.0 Å². The molecule has 1 saturated carbocycles. The first-order valence-corrected chi connectivity index (χ1v) is 14.0. The minimum atomic E-state index is -1.06. The van der Waals surface area contributed by atoms with Gasteiger partial charge in [-0.15, -0.1) is 0 Å². The van der Waals surface area contributed by atoms with Crippen LogP contribution >= 0.6 is 0 Å². The zero-order chi connectivity index (χ0) is 28.5. The van der Waals surface area contributed by atoms with Gasteiger partial charge in [0.1, 0.15) is 11.4 Å². The molecule has 2 aliphatic rings. The highest BCUT2D eigenvalue weighted by Crippen LogP contribution is 2.40. The molecule has 1 saturated heterocycles. The topological polar surface area (TPSA) is 162 Å². The fourth-order valence-corrected chi connectivity index (χ4v) is 5.62. The van der Waals surface area contributed by atoms with E-state index in [1.807, 2.05) is 23.9 Å². The van der Waals surface area contributed by atoms with E-state index in [-0.39, 0.29) is 24.1 Å². The zero-order valence-electron chi connectivity index (χ0n) is 22.9. The third kappa shape index (κ3) is 5.78. The number of aromatic carboxylic acids is 1. The Labute approximate surface area is 236 Å². The summed E-state index contributed by atoms with van der Waals surface area (Å²) in [5.74, 6) is 1.61. The summed E-state index contributed by atoms with van der Waals surface area (Å²) in [5, 5.41) is 19.2. The van der Waals surface area contributed by atoms with E-state index >= 15 is 0 Å². The van der Waals surface area contributed by atoms with Crippen LogP contribution in [0.25, 0.3) is 22.3 Å². The number of ether oxygens (including phenoxy) is 1. The fourth-order valence-electron chi connectivity index (χ4n) is 5.62. The van der Waals surface area contributed by atoms with Gasteiger partial charge in [-0.1, -0.05) is 17.3 Å². The number of hydrogen-bond donors (Lipinski definition) is 2. The van der Waals surface area contributed by atoms with Crippen LogP contribution in [0.1, 0.15) is 53.7 Å². The number of benzene rings is 1. The number of hydrogen-bond acceptors (Lipinski definition) is 9. The van der Waals surface area contributed by atoms with Crippen LogP contribution in [-0.2, 0) is 18.3 Å². The van der Waals surface area contributed by atoms with E-state index in [1.54, 1.807) is 11.0 Å². The maximum absolute atomic E-state index is 11.9. The normalized spacial score (nSPS) is 16.7. The molecule has 3 N–H and O–H groups in total. The minimum Gasteiger partial charge on any atom is -0.492 e. The summed E-state index contributed by atoms with van der Waals surface area (Å²) in [6, 6.07) is 9.21. The van der Waals surface area contributed by atoms with Gasteiger partial charge in [0.2, 0.25) is 17.6 Å². The maximum Gasteiger partial charge on any atom is 0.354 e. The van der Waals surface area contributed by atoms with Gasteiger partial charge in [-0.25, -0.2) is 9.78 Å². The van der Waals surface area contributed by atoms with E-state index in [9.17, 15) is 9.59 Å². The summed E-state index contributed by atoms with van der Waals surface area (Å²) < 4.78 is 13.5. The highest BCUT2D eigenvalue weighted by atomic mass is 16.5. The first-order valence-electron chi connectivity index (χ1n) is 14.0. The summed E-state index contributed by atoms with van der Waals surface area (Å²) >= 11 is 0. The molecule has 0 spiro atoms. The second-order valence-electron chi connectivity index (χ2n) is 10.9. The number of piperidine rings is 1. The van der Waals surface area contributed by atoms with E-state index in [0.717, 1.165) is 41.4 Å². The maximum atomic E-state index is 11.9. The lowest BCUT2D eigenvalue weighted by Gasteiger charge is -2.30. The monoisotopic (exact) mass is 559 g/mol. The summed E-state index contributed by atoms with van der Waals surface area (Å²) in [7, 11) is 1.94. The second-order valence-corrected chi connectivity index (χ2v) is 10.9. The molecule has 1 unspecified atom stereocenters. The van der Waals surface area contributed by atoms with Crippen LogP contribution in [0.15, 0.2) is 41.1 Å². The van der Waals surface area contributed by atoms with Crippen LogP contribution in [-0.4, -0.2) is 73.0 Å². The molecule has 1 aliphatic carbocycles. The van der Waals surface area contributed by atoms with Gasteiger partial charge in [-0.3, -0.25) is 9.48 Å². The van der Waals surface area contributed by atoms with Gasteiger partial charge in [0.15, 0.2) is 0 Å². The summed E-state index contributed by atoms with van der Waals surface area (Å²) in [6.45, 7) is 1.83. The van der Waals surface area contributed by atoms with E-state index in [1.165, 1.54) is 25.1 Å². The molecule has 2 fully saturated rings. The average Bonchev–Trinajstić information content (AvgIpc) is 3.64. The number of aryl methyl sites for hydroxylation is 1. The molecule has 0 radical (unpaired) electrons. The zero-order valence-corrected chi connectivity index (χ0v) is 22.9. The van der Waals surface area contributed by atoms with E-state index in [4.69, 9.17) is 30.2 Å². The van der Waals surface area contributed by atoms with Crippen LogP contribution in [0.4, 0.5) is 0 Å². The van der Waals surface area contributed by atoms with Crippen molar-refractivity contribution in [3.05, 3.63) is 53.8 Å². The first kappa shape index (κ1) is 26.9. The Balaban J connectivity index is 1.14. The second kappa shape index (κ2) is 11.3. The Bertz CT molecular complexity index is 1550. The number of fused-ring (bicyclic) bond motifs is 1. The predicted molar refractivity (Wildman–Crippen MR) is 148 cm³/mol. The molecule has 1 amide bonds. The van der Waals surface area contributed by atoms with Crippen molar-refractivity contribution < 1.29 is 24.0 Å². The van der Waals surface area contributed by atoms with E-state index < -0.39 is 5.97 Å². The van der Waals surface area contributed by atoms with Crippen LogP contribution < -0.4 is 10.5 Å². The third-order valence-electron chi connectivity index (χ3n) is 8.16. The number of rotatable bonds is 10. The Morgan fingerprint density at radius 3 is 2.66 bits per heavy atom. The number of aromatic nitrogens is 5. The molecule has 0 bridgehead atoms. The molecule has 41 heavy (non-hydrogen) atoms. The molecule has 3 aromatic heterocycles. The molecule has 4 heterocycles. The largest absolute Gasteiger partial charge is 0.492 e. The molecular formula is C29H33N7O5. The number of amides is 1. The Morgan fingerprint density at radius 2 is 1.98 bits per heavy atom. The smallest absolute Gasteiger partial charge is 0.354 e. The number of carbonyl (C=O) groups excluding carboxylic acids is 1. The number of carboxylic acids is 1. The Morgan fingerprint density at radius 1 is 1.17 bits per heavy atom. The summed E-state index contributed by atoms with van der Waals surface area (Å²) in [5.41, 5.74) is 8.35. The number of nitrogens with zero attached hydrogens (tertiary/aromatic N) is 6. The summed E-state index contributed by atoms with van der Waals surface area (Å²) in [4.78, 5) is 33.4. The van der Waals surface area contributed by atoms with E-state index in [0.29, 0.717) is 49.0 Å². The quantitative estimate of drug-likeness (QED) is 0.295. The van der Waals surface area contributed by atoms with Crippen molar-refractivity contribution in [1.82, 2.24) is 29.8 Å². The molecule has 12 heteroatoms.